The molecule has 0 aromatic carbocycles. The first-order valence-corrected chi connectivity index (χ1v) is 4.62. The number of ether oxygens (including phenoxy) is 2. The molecule has 2 N–H and O–H groups in total. The van der Waals surface area contributed by atoms with E-state index in [-0.39, 0.29) is 12.0 Å². The Kier molecular flexibility index (Phi) is 3.27. The van der Waals surface area contributed by atoms with Crippen LogP contribution in [-0.4, -0.2) is 31.3 Å². The normalized spacial score (nSPS) is 34.2. The summed E-state index contributed by atoms with van der Waals surface area (Å²) in [6.07, 6.45) is 2.00. The predicted molar refractivity (Wildman–Crippen MR) is 48.2 cm³/mol. The minimum Gasteiger partial charge on any atom is -0.467 e. The van der Waals surface area contributed by atoms with Gasteiger partial charge < -0.3 is 15.2 Å². The molecule has 0 aromatic heterocycles. The molecule has 0 bridgehead atoms. The van der Waals surface area contributed by atoms with Crippen LogP contribution in [0.15, 0.2) is 0 Å². The van der Waals surface area contributed by atoms with Crippen LogP contribution in [0.3, 0.4) is 0 Å². The molecule has 0 aliphatic carbocycles. The first-order chi connectivity index (χ1) is 6.14. The Balaban J connectivity index is 2.73. The molecule has 1 aliphatic rings. The SMILES string of the molecule is CCC1(C(=O)OC)CC(N)CCO1. The van der Waals surface area contributed by atoms with Gasteiger partial charge in [0.25, 0.3) is 0 Å². The fourth-order valence-corrected chi connectivity index (χ4v) is 1.71. The monoisotopic (exact) mass is 187 g/mol. The maximum Gasteiger partial charge on any atom is 0.338 e. The first kappa shape index (κ1) is 10.5. The van der Waals surface area contributed by atoms with Crippen LogP contribution < -0.4 is 5.73 Å². The second-order valence-corrected chi connectivity index (χ2v) is 3.44. The molecule has 1 saturated heterocycles. The van der Waals surface area contributed by atoms with Gasteiger partial charge in [0, 0.05) is 19.1 Å². The molecular formula is C9H17NO3. The van der Waals surface area contributed by atoms with Crippen molar-refractivity contribution in [1.29, 1.82) is 0 Å². The van der Waals surface area contributed by atoms with Crippen LogP contribution in [0.25, 0.3) is 0 Å². The molecule has 0 radical (unpaired) electrons. The Morgan fingerprint density at radius 1 is 1.77 bits per heavy atom. The fraction of sp³-hybridized carbons (Fsp3) is 0.889. The van der Waals surface area contributed by atoms with Gasteiger partial charge in [-0.15, -0.1) is 0 Å². The van der Waals surface area contributed by atoms with Gasteiger partial charge in [0.05, 0.1) is 7.11 Å². The molecule has 1 aliphatic heterocycles. The third-order valence-corrected chi connectivity index (χ3v) is 2.59. The highest BCUT2D eigenvalue weighted by molar-refractivity contribution is 5.79. The summed E-state index contributed by atoms with van der Waals surface area (Å²) in [5, 5.41) is 0. The van der Waals surface area contributed by atoms with E-state index < -0.39 is 5.60 Å². The Bertz CT molecular complexity index is 195. The van der Waals surface area contributed by atoms with E-state index in [2.05, 4.69) is 0 Å². The third-order valence-electron chi connectivity index (χ3n) is 2.59. The van der Waals surface area contributed by atoms with Crippen LogP contribution in [0, 0.1) is 0 Å². The summed E-state index contributed by atoms with van der Waals surface area (Å²) in [6, 6.07) is 0.0489. The summed E-state index contributed by atoms with van der Waals surface area (Å²) in [5.41, 5.74) is 5.01. The Labute approximate surface area is 78.4 Å². The van der Waals surface area contributed by atoms with Crippen molar-refractivity contribution in [2.75, 3.05) is 13.7 Å². The Morgan fingerprint density at radius 2 is 2.46 bits per heavy atom. The molecule has 1 fully saturated rings. The van der Waals surface area contributed by atoms with Crippen LogP contribution in [0.5, 0.6) is 0 Å². The van der Waals surface area contributed by atoms with Gasteiger partial charge in [0.15, 0.2) is 5.60 Å². The van der Waals surface area contributed by atoms with Crippen molar-refractivity contribution in [3.63, 3.8) is 0 Å². The molecular weight excluding hydrogens is 170 g/mol. The average Bonchev–Trinajstić information content (AvgIpc) is 2.16. The Morgan fingerprint density at radius 3 is 2.92 bits per heavy atom. The molecule has 2 unspecified atom stereocenters. The molecule has 0 amide bonds. The number of hydrogen-bond acceptors (Lipinski definition) is 4. The summed E-state index contributed by atoms with van der Waals surface area (Å²) >= 11 is 0. The molecule has 0 saturated carbocycles. The van der Waals surface area contributed by atoms with E-state index in [9.17, 15) is 4.79 Å². The van der Waals surface area contributed by atoms with E-state index in [1.54, 1.807) is 0 Å². The average molecular weight is 187 g/mol. The van der Waals surface area contributed by atoms with E-state index in [0.29, 0.717) is 19.4 Å². The highest BCUT2D eigenvalue weighted by Gasteiger charge is 2.42. The topological polar surface area (TPSA) is 61.5 Å². The number of methoxy groups -OCH3 is 1. The molecule has 0 aromatic rings. The lowest BCUT2D eigenvalue weighted by atomic mass is 9.88. The van der Waals surface area contributed by atoms with Crippen molar-refractivity contribution in [3.8, 4) is 0 Å². The summed E-state index contributed by atoms with van der Waals surface area (Å²) in [6.45, 7) is 2.46. The predicted octanol–water partition coefficient (Wildman–Crippen LogP) is 0.446. The second kappa shape index (κ2) is 4.07. The van der Waals surface area contributed by atoms with Crippen molar-refractivity contribution in [2.24, 2.45) is 5.73 Å². The first-order valence-electron chi connectivity index (χ1n) is 4.62. The number of carbonyl (C=O) groups excluding carboxylic acids is 1. The van der Waals surface area contributed by atoms with E-state index in [1.165, 1.54) is 7.11 Å². The van der Waals surface area contributed by atoms with Crippen LogP contribution in [0.2, 0.25) is 0 Å². The van der Waals surface area contributed by atoms with Crippen LogP contribution in [-0.2, 0) is 14.3 Å². The smallest absolute Gasteiger partial charge is 0.338 e. The lowest BCUT2D eigenvalue weighted by molar-refractivity contribution is -0.177. The zero-order valence-corrected chi connectivity index (χ0v) is 8.21. The van der Waals surface area contributed by atoms with Gasteiger partial charge in [-0.3, -0.25) is 0 Å². The summed E-state index contributed by atoms with van der Waals surface area (Å²) in [5.74, 6) is -0.301. The minimum atomic E-state index is -0.785. The number of nitrogens with two attached hydrogens (primary N) is 1. The number of rotatable bonds is 2. The lowest BCUT2D eigenvalue weighted by Crippen LogP contribution is -2.50. The number of carbonyl (C=O) groups is 1. The number of esters is 1. The molecule has 13 heavy (non-hydrogen) atoms. The molecule has 76 valence electrons. The Hall–Kier alpha value is -0.610. The van der Waals surface area contributed by atoms with Gasteiger partial charge in [-0.05, 0) is 12.8 Å². The third kappa shape index (κ3) is 2.00. The van der Waals surface area contributed by atoms with Crippen LogP contribution in [0.1, 0.15) is 26.2 Å². The highest BCUT2D eigenvalue weighted by atomic mass is 16.6. The largest absolute Gasteiger partial charge is 0.467 e. The standard InChI is InChI=1S/C9H17NO3/c1-3-9(8(11)12-2)6-7(10)4-5-13-9/h7H,3-6,10H2,1-2H3. The van der Waals surface area contributed by atoms with Crippen molar-refractivity contribution in [2.45, 2.75) is 37.8 Å². The van der Waals surface area contributed by atoms with Gasteiger partial charge in [-0.25, -0.2) is 4.79 Å². The van der Waals surface area contributed by atoms with E-state index in [4.69, 9.17) is 15.2 Å². The van der Waals surface area contributed by atoms with Gasteiger partial charge >= 0.3 is 5.97 Å². The number of hydrogen-bond donors (Lipinski definition) is 1. The zero-order valence-electron chi connectivity index (χ0n) is 8.21. The highest BCUT2D eigenvalue weighted by Crippen LogP contribution is 2.28. The maximum atomic E-state index is 11.5. The zero-order chi connectivity index (χ0) is 9.90. The van der Waals surface area contributed by atoms with Crippen LogP contribution >= 0.6 is 0 Å². The lowest BCUT2D eigenvalue weighted by Gasteiger charge is -2.36. The molecule has 1 heterocycles. The van der Waals surface area contributed by atoms with Gasteiger partial charge in [-0.2, -0.15) is 0 Å². The summed E-state index contributed by atoms with van der Waals surface area (Å²) in [4.78, 5) is 11.5. The van der Waals surface area contributed by atoms with Crippen molar-refractivity contribution < 1.29 is 14.3 Å². The van der Waals surface area contributed by atoms with Crippen molar-refractivity contribution in [1.82, 2.24) is 0 Å². The molecule has 2 atom stereocenters. The van der Waals surface area contributed by atoms with Gasteiger partial charge in [0.2, 0.25) is 0 Å². The van der Waals surface area contributed by atoms with Crippen molar-refractivity contribution in [3.05, 3.63) is 0 Å². The minimum absolute atomic E-state index is 0.0489. The van der Waals surface area contributed by atoms with Crippen molar-refractivity contribution >= 4 is 5.97 Å². The van der Waals surface area contributed by atoms with E-state index in [1.807, 2.05) is 6.92 Å². The molecule has 4 heteroatoms. The maximum absolute atomic E-state index is 11.5. The van der Waals surface area contributed by atoms with E-state index >= 15 is 0 Å². The molecule has 0 spiro atoms. The van der Waals surface area contributed by atoms with E-state index in [0.717, 1.165) is 6.42 Å². The summed E-state index contributed by atoms with van der Waals surface area (Å²) in [7, 11) is 1.38. The van der Waals surface area contributed by atoms with Gasteiger partial charge in [-0.1, -0.05) is 6.92 Å². The summed E-state index contributed by atoms with van der Waals surface area (Å²) < 4.78 is 10.2. The molecule has 4 nitrogen and oxygen atoms in total. The fourth-order valence-electron chi connectivity index (χ4n) is 1.71. The second-order valence-electron chi connectivity index (χ2n) is 3.44. The molecule has 1 rings (SSSR count). The van der Waals surface area contributed by atoms with Gasteiger partial charge in [0.1, 0.15) is 0 Å². The quantitative estimate of drug-likeness (QED) is 0.637. The van der Waals surface area contributed by atoms with Crippen LogP contribution in [0.4, 0.5) is 0 Å².